The normalized spacial score (nSPS) is 17.8. The van der Waals surface area contributed by atoms with Gasteiger partial charge >= 0.3 is 6.03 Å². The molecule has 0 saturated carbocycles. The second-order valence-corrected chi connectivity index (χ2v) is 5.28. The summed E-state index contributed by atoms with van der Waals surface area (Å²) in [6, 6.07) is 8.80. The number of hydrogen-bond donors (Lipinski definition) is 2. The van der Waals surface area contributed by atoms with E-state index in [9.17, 15) is 4.79 Å². The molecule has 1 fully saturated rings. The molecule has 0 radical (unpaired) electrons. The van der Waals surface area contributed by atoms with Crippen molar-refractivity contribution in [1.29, 1.82) is 5.26 Å². The molecule has 1 saturated heterocycles. The fraction of sp³-hybridized carbons (Fsp3) is 0.333. The Balaban J connectivity index is 1.65. The molecule has 0 aliphatic carbocycles. The van der Waals surface area contributed by atoms with Gasteiger partial charge in [-0.15, -0.1) is 0 Å². The number of likely N-dealkylation sites (tertiary alicyclic amines) is 1. The van der Waals surface area contributed by atoms with Crippen molar-refractivity contribution >= 4 is 11.7 Å². The van der Waals surface area contributed by atoms with Gasteiger partial charge < -0.3 is 10.2 Å². The summed E-state index contributed by atoms with van der Waals surface area (Å²) in [5.41, 5.74) is 1.15. The number of nitrogens with one attached hydrogen (secondary N) is 2. The van der Waals surface area contributed by atoms with Gasteiger partial charge in [0.2, 0.25) is 0 Å². The molecule has 112 valence electrons. The molecule has 2 aromatic rings. The van der Waals surface area contributed by atoms with Crippen LogP contribution >= 0.6 is 0 Å². The smallest absolute Gasteiger partial charge is 0.321 e. The maximum Gasteiger partial charge on any atom is 0.321 e. The summed E-state index contributed by atoms with van der Waals surface area (Å²) in [6.45, 7) is 1.33. The fourth-order valence-electron chi connectivity index (χ4n) is 2.67. The van der Waals surface area contributed by atoms with Crippen LogP contribution in [-0.4, -0.2) is 39.2 Å². The molecule has 0 spiro atoms. The van der Waals surface area contributed by atoms with Gasteiger partial charge in [0.15, 0.2) is 0 Å². The Kier molecular flexibility index (Phi) is 4.01. The molecule has 3 rings (SSSR count). The third kappa shape index (κ3) is 3.06. The summed E-state index contributed by atoms with van der Waals surface area (Å²) in [4.78, 5) is 18.3. The number of rotatable bonds is 2. The maximum atomic E-state index is 12.4. The minimum Gasteiger partial charge on any atom is -0.324 e. The van der Waals surface area contributed by atoms with E-state index in [-0.39, 0.29) is 11.9 Å². The van der Waals surface area contributed by atoms with Gasteiger partial charge in [-0.1, -0.05) is 6.07 Å². The number of nitrogens with zero attached hydrogens (tertiary/aromatic N) is 4. The Morgan fingerprint density at radius 3 is 3.18 bits per heavy atom. The van der Waals surface area contributed by atoms with Gasteiger partial charge in [0.25, 0.3) is 0 Å². The second kappa shape index (κ2) is 6.26. The topological polar surface area (TPSA) is 97.7 Å². The summed E-state index contributed by atoms with van der Waals surface area (Å²) < 4.78 is 0. The van der Waals surface area contributed by atoms with E-state index in [1.54, 1.807) is 29.2 Å². The zero-order valence-corrected chi connectivity index (χ0v) is 12.0. The molecule has 1 aliphatic rings. The molecule has 22 heavy (non-hydrogen) atoms. The maximum absolute atomic E-state index is 12.4. The zero-order valence-electron chi connectivity index (χ0n) is 12.0. The number of aromatic nitrogens is 3. The molecule has 7 heteroatoms. The van der Waals surface area contributed by atoms with E-state index in [2.05, 4.69) is 26.6 Å². The number of anilines is 1. The van der Waals surface area contributed by atoms with Crippen LogP contribution in [-0.2, 0) is 0 Å². The molecular formula is C15H16N6O. The van der Waals surface area contributed by atoms with Crippen molar-refractivity contribution in [2.45, 2.75) is 18.8 Å². The van der Waals surface area contributed by atoms with Crippen molar-refractivity contribution in [2.75, 3.05) is 18.4 Å². The first-order valence-electron chi connectivity index (χ1n) is 7.17. The highest BCUT2D eigenvalue weighted by molar-refractivity contribution is 5.89. The van der Waals surface area contributed by atoms with E-state index in [4.69, 9.17) is 5.26 Å². The number of H-pyrrole nitrogens is 1. The number of aromatic amines is 1. The lowest BCUT2D eigenvalue weighted by atomic mass is 9.98. The highest BCUT2D eigenvalue weighted by Crippen LogP contribution is 2.24. The summed E-state index contributed by atoms with van der Waals surface area (Å²) in [6.07, 6.45) is 3.40. The predicted molar refractivity (Wildman–Crippen MR) is 80.1 cm³/mol. The highest BCUT2D eigenvalue weighted by atomic mass is 16.2. The van der Waals surface area contributed by atoms with E-state index >= 15 is 0 Å². The Morgan fingerprint density at radius 2 is 2.41 bits per heavy atom. The van der Waals surface area contributed by atoms with Crippen molar-refractivity contribution in [3.63, 3.8) is 0 Å². The number of urea groups is 1. The van der Waals surface area contributed by atoms with Gasteiger partial charge in [-0.3, -0.25) is 5.10 Å². The van der Waals surface area contributed by atoms with Gasteiger partial charge in [0.1, 0.15) is 12.2 Å². The highest BCUT2D eigenvalue weighted by Gasteiger charge is 2.26. The lowest BCUT2D eigenvalue weighted by Gasteiger charge is -2.31. The predicted octanol–water partition coefficient (Wildman–Crippen LogP) is 2.09. The average Bonchev–Trinajstić information content (AvgIpc) is 3.09. The SMILES string of the molecule is N#Cc1cccc(NC(=O)N2CCCC(c3ncn[nH]3)C2)c1. The summed E-state index contributed by atoms with van der Waals surface area (Å²) in [5, 5.41) is 18.5. The van der Waals surface area contributed by atoms with Crippen LogP contribution in [0.15, 0.2) is 30.6 Å². The summed E-state index contributed by atoms with van der Waals surface area (Å²) >= 11 is 0. The number of carbonyl (C=O) groups is 1. The first-order valence-corrected chi connectivity index (χ1v) is 7.17. The molecule has 1 unspecified atom stereocenters. The van der Waals surface area contributed by atoms with Crippen LogP contribution in [0.2, 0.25) is 0 Å². The Morgan fingerprint density at radius 1 is 1.50 bits per heavy atom. The van der Waals surface area contributed by atoms with Crippen LogP contribution in [0.5, 0.6) is 0 Å². The van der Waals surface area contributed by atoms with Crippen LogP contribution in [0.4, 0.5) is 10.5 Å². The van der Waals surface area contributed by atoms with Crippen LogP contribution in [0.3, 0.4) is 0 Å². The number of amides is 2. The zero-order chi connectivity index (χ0) is 15.4. The van der Waals surface area contributed by atoms with E-state index in [0.717, 1.165) is 18.7 Å². The average molecular weight is 296 g/mol. The molecule has 2 amide bonds. The molecule has 2 N–H and O–H groups in total. The molecule has 1 atom stereocenters. The summed E-state index contributed by atoms with van der Waals surface area (Å²) in [5.74, 6) is 1.01. The molecule has 1 aromatic carbocycles. The monoisotopic (exact) mass is 296 g/mol. The third-order valence-electron chi connectivity index (χ3n) is 3.77. The number of benzene rings is 1. The van der Waals surface area contributed by atoms with Gasteiger partial charge in [-0.2, -0.15) is 10.4 Å². The molecule has 1 aromatic heterocycles. The molecule has 0 bridgehead atoms. The van der Waals surface area contributed by atoms with Crippen molar-refractivity contribution in [2.24, 2.45) is 0 Å². The van der Waals surface area contributed by atoms with Crippen molar-refractivity contribution in [3.8, 4) is 6.07 Å². The Labute approximate surface area is 128 Å². The Bertz CT molecular complexity index is 690. The lowest BCUT2D eigenvalue weighted by Crippen LogP contribution is -2.41. The largest absolute Gasteiger partial charge is 0.324 e. The van der Waals surface area contributed by atoms with Gasteiger partial charge in [-0.25, -0.2) is 9.78 Å². The van der Waals surface area contributed by atoms with Crippen LogP contribution in [0, 0.1) is 11.3 Å². The number of carbonyl (C=O) groups excluding carboxylic acids is 1. The van der Waals surface area contributed by atoms with E-state index in [0.29, 0.717) is 24.3 Å². The van der Waals surface area contributed by atoms with Gasteiger partial charge in [-0.05, 0) is 31.0 Å². The fourth-order valence-corrected chi connectivity index (χ4v) is 2.67. The molecule has 2 heterocycles. The number of piperidine rings is 1. The third-order valence-corrected chi connectivity index (χ3v) is 3.77. The number of nitriles is 1. The number of hydrogen-bond acceptors (Lipinski definition) is 4. The minimum absolute atomic E-state index is 0.153. The first-order chi connectivity index (χ1) is 10.8. The lowest BCUT2D eigenvalue weighted by molar-refractivity contribution is 0.191. The van der Waals surface area contributed by atoms with Crippen molar-refractivity contribution in [1.82, 2.24) is 20.1 Å². The second-order valence-electron chi connectivity index (χ2n) is 5.28. The first kappa shape index (κ1) is 14.1. The van der Waals surface area contributed by atoms with Crippen LogP contribution in [0.1, 0.15) is 30.1 Å². The molecule has 1 aliphatic heterocycles. The van der Waals surface area contributed by atoms with Crippen molar-refractivity contribution < 1.29 is 4.79 Å². The van der Waals surface area contributed by atoms with E-state index in [1.807, 2.05) is 0 Å². The van der Waals surface area contributed by atoms with Gasteiger partial charge in [0, 0.05) is 24.7 Å². The van der Waals surface area contributed by atoms with E-state index < -0.39 is 0 Å². The molecule has 7 nitrogen and oxygen atoms in total. The molecular weight excluding hydrogens is 280 g/mol. The minimum atomic E-state index is -0.153. The quantitative estimate of drug-likeness (QED) is 0.886. The standard InChI is InChI=1S/C15H16N6O/c16-8-11-3-1-5-13(7-11)19-15(22)21-6-2-4-12(9-21)14-17-10-18-20-14/h1,3,5,7,10,12H,2,4,6,9H2,(H,19,22)(H,17,18,20). The summed E-state index contributed by atoms with van der Waals surface area (Å²) in [7, 11) is 0. The van der Waals surface area contributed by atoms with Crippen molar-refractivity contribution in [3.05, 3.63) is 42.0 Å². The van der Waals surface area contributed by atoms with Crippen LogP contribution < -0.4 is 5.32 Å². The van der Waals surface area contributed by atoms with Gasteiger partial charge in [0.05, 0.1) is 11.6 Å². The Hall–Kier alpha value is -2.88. The van der Waals surface area contributed by atoms with Crippen LogP contribution in [0.25, 0.3) is 0 Å². The van der Waals surface area contributed by atoms with E-state index in [1.165, 1.54) is 6.33 Å².